The molecule has 0 aromatic heterocycles. The van der Waals surface area contributed by atoms with Crippen molar-refractivity contribution in [3.8, 4) is 0 Å². The first-order chi connectivity index (χ1) is 7.11. The molecule has 92 valence electrons. The van der Waals surface area contributed by atoms with Crippen molar-refractivity contribution in [3.63, 3.8) is 0 Å². The number of hydrogen-bond donors (Lipinski definition) is 1. The number of carbonyl (C=O) groups excluding carboxylic acids is 2. The van der Waals surface area contributed by atoms with E-state index < -0.39 is 11.8 Å². The van der Waals surface area contributed by atoms with Gasteiger partial charge in [-0.1, -0.05) is 0 Å². The third-order valence-corrected chi connectivity index (χ3v) is 2.98. The number of ketones is 1. The van der Waals surface area contributed by atoms with Gasteiger partial charge in [-0.3, -0.25) is 4.79 Å². The number of carbonyl (C=O) groups is 2. The van der Waals surface area contributed by atoms with Gasteiger partial charge < -0.3 is 15.2 Å². The largest absolute Gasteiger partial charge is 1.00 e. The van der Waals surface area contributed by atoms with Crippen LogP contribution in [0.3, 0.4) is 0 Å². The molecule has 5 heteroatoms. The summed E-state index contributed by atoms with van der Waals surface area (Å²) in [6.45, 7) is 8.30. The van der Waals surface area contributed by atoms with Crippen molar-refractivity contribution in [2.24, 2.45) is 5.92 Å². The molecule has 0 aromatic rings. The number of hydrogen-bond acceptors (Lipinski definition) is 4. The normalized spacial score (nSPS) is 22.6. The summed E-state index contributed by atoms with van der Waals surface area (Å²) in [6.07, 6.45) is 1.72. The minimum absolute atomic E-state index is 0. The molecule has 0 radical (unpaired) electrons. The minimum Gasteiger partial charge on any atom is -0.542 e. The monoisotopic (exact) mass is 249 g/mol. The quantitative estimate of drug-likeness (QED) is 0.435. The molecule has 1 aliphatic rings. The minimum atomic E-state index is -1.56. The average molecular weight is 249 g/mol. The Morgan fingerprint density at radius 1 is 1.18 bits per heavy atom. The molecule has 1 aliphatic heterocycles. The first-order valence-corrected chi connectivity index (χ1v) is 5.65. The molecule has 0 aliphatic carbocycles. The van der Waals surface area contributed by atoms with Gasteiger partial charge in [-0.25, -0.2) is 0 Å². The Labute approximate surface area is 125 Å². The van der Waals surface area contributed by atoms with Gasteiger partial charge in [0.2, 0.25) is 0 Å². The molecule has 0 aromatic carbocycles. The number of carboxylic acids is 1. The van der Waals surface area contributed by atoms with E-state index in [4.69, 9.17) is 0 Å². The van der Waals surface area contributed by atoms with Crippen LogP contribution in [0.15, 0.2) is 0 Å². The Bertz CT molecular complexity index is 297. The maximum absolute atomic E-state index is 11.2. The molecular weight excluding hydrogens is 229 g/mol. The van der Waals surface area contributed by atoms with E-state index in [0.29, 0.717) is 0 Å². The van der Waals surface area contributed by atoms with Crippen molar-refractivity contribution in [1.29, 1.82) is 0 Å². The maximum atomic E-state index is 11.2. The van der Waals surface area contributed by atoms with E-state index in [1.165, 1.54) is 0 Å². The topological polar surface area (TPSA) is 69.2 Å². The number of carboxylic acid groups (broad SMARTS) is 1. The summed E-state index contributed by atoms with van der Waals surface area (Å²) >= 11 is 0. The van der Waals surface area contributed by atoms with E-state index in [1.807, 2.05) is 0 Å². The number of nitrogens with one attached hydrogen (secondary N) is 1. The number of Topliss-reactive ketones (excluding diaryl/α,β-unsaturated/α-hetero) is 1. The summed E-state index contributed by atoms with van der Waals surface area (Å²) < 4.78 is 0. The van der Waals surface area contributed by atoms with Crippen molar-refractivity contribution in [1.82, 2.24) is 5.32 Å². The van der Waals surface area contributed by atoms with Crippen molar-refractivity contribution < 1.29 is 44.3 Å². The van der Waals surface area contributed by atoms with Crippen LogP contribution in [-0.4, -0.2) is 22.8 Å². The van der Waals surface area contributed by atoms with Gasteiger partial charge in [0, 0.05) is 17.5 Å². The number of rotatable bonds is 3. The first kappa shape index (κ1) is 17.1. The van der Waals surface area contributed by atoms with Gasteiger partial charge in [0.25, 0.3) is 0 Å². The van der Waals surface area contributed by atoms with Crippen LogP contribution in [-0.2, 0) is 9.59 Å². The van der Waals surface area contributed by atoms with Gasteiger partial charge in [0.1, 0.15) is 5.97 Å². The van der Waals surface area contributed by atoms with Gasteiger partial charge in [0.15, 0.2) is 5.78 Å². The molecular formula is C12H20NNaO3. The van der Waals surface area contributed by atoms with Crippen LogP contribution in [0.2, 0.25) is 0 Å². The molecule has 1 heterocycles. The fraction of sp³-hybridized carbons (Fsp3) is 0.833. The van der Waals surface area contributed by atoms with Crippen LogP contribution < -0.4 is 40.0 Å². The summed E-state index contributed by atoms with van der Waals surface area (Å²) in [5.41, 5.74) is -0.114. The predicted octanol–water partition coefficient (Wildman–Crippen LogP) is -2.74. The second kappa shape index (κ2) is 5.83. The smallest absolute Gasteiger partial charge is 0.542 e. The van der Waals surface area contributed by atoms with Crippen LogP contribution in [0.5, 0.6) is 0 Å². The fourth-order valence-corrected chi connectivity index (χ4v) is 3.02. The maximum Gasteiger partial charge on any atom is 1.00 e. The van der Waals surface area contributed by atoms with E-state index in [2.05, 4.69) is 33.0 Å². The SMILES string of the molecule is CC1(C)CC(CC(=O)C(=O)[O-])CC(C)(C)N1.[Na+]. The third-order valence-electron chi connectivity index (χ3n) is 2.98. The molecule has 0 amide bonds. The van der Waals surface area contributed by atoms with Gasteiger partial charge >= 0.3 is 29.6 Å². The van der Waals surface area contributed by atoms with Crippen molar-refractivity contribution >= 4 is 11.8 Å². The Morgan fingerprint density at radius 2 is 1.59 bits per heavy atom. The van der Waals surface area contributed by atoms with Crippen LogP contribution in [0.25, 0.3) is 0 Å². The molecule has 1 fully saturated rings. The van der Waals surface area contributed by atoms with Gasteiger partial charge in [0.05, 0.1) is 0 Å². The molecule has 17 heavy (non-hydrogen) atoms. The van der Waals surface area contributed by atoms with Crippen LogP contribution in [0.4, 0.5) is 0 Å². The second-order valence-corrected chi connectivity index (χ2v) is 6.08. The van der Waals surface area contributed by atoms with E-state index >= 15 is 0 Å². The molecule has 4 nitrogen and oxygen atoms in total. The number of aliphatic carboxylic acids is 1. The molecule has 0 spiro atoms. The standard InChI is InChI=1S/C12H21NO3.Na/c1-11(2)6-8(5-9(14)10(15)16)7-12(3,4)13-11;/h8,13H,5-7H2,1-4H3,(H,15,16);/q;+1/p-1. The molecule has 0 saturated carbocycles. The van der Waals surface area contributed by atoms with Crippen LogP contribution >= 0.6 is 0 Å². The zero-order valence-electron chi connectivity index (χ0n) is 11.4. The van der Waals surface area contributed by atoms with Crippen molar-refractivity contribution in [3.05, 3.63) is 0 Å². The van der Waals surface area contributed by atoms with Crippen LogP contribution in [0.1, 0.15) is 47.0 Å². The van der Waals surface area contributed by atoms with Crippen molar-refractivity contribution in [2.45, 2.75) is 58.0 Å². The van der Waals surface area contributed by atoms with E-state index in [1.54, 1.807) is 0 Å². The Kier molecular flexibility index (Phi) is 5.86. The summed E-state index contributed by atoms with van der Waals surface area (Å²) in [5.74, 6) is -2.22. The third kappa shape index (κ3) is 5.51. The summed E-state index contributed by atoms with van der Waals surface area (Å²) in [6, 6.07) is 0. The van der Waals surface area contributed by atoms with Gasteiger partial charge in [-0.2, -0.15) is 0 Å². The van der Waals surface area contributed by atoms with Gasteiger partial charge in [-0.15, -0.1) is 0 Å². The Morgan fingerprint density at radius 3 is 1.94 bits per heavy atom. The predicted molar refractivity (Wildman–Crippen MR) is 58.6 cm³/mol. The van der Waals surface area contributed by atoms with Crippen LogP contribution in [0, 0.1) is 5.92 Å². The van der Waals surface area contributed by atoms with Gasteiger partial charge in [-0.05, 0) is 46.5 Å². The molecule has 0 bridgehead atoms. The van der Waals surface area contributed by atoms with Crippen molar-refractivity contribution in [2.75, 3.05) is 0 Å². The average Bonchev–Trinajstić information content (AvgIpc) is 1.96. The molecule has 1 saturated heterocycles. The Balaban J connectivity index is 0.00000256. The Hall–Kier alpha value is 0.1000. The molecule has 0 unspecified atom stereocenters. The first-order valence-electron chi connectivity index (χ1n) is 5.65. The second-order valence-electron chi connectivity index (χ2n) is 6.08. The van der Waals surface area contributed by atoms with E-state index in [-0.39, 0.29) is 53.0 Å². The summed E-state index contributed by atoms with van der Waals surface area (Å²) in [5, 5.41) is 13.9. The number of piperidine rings is 1. The summed E-state index contributed by atoms with van der Waals surface area (Å²) in [4.78, 5) is 21.6. The fourth-order valence-electron chi connectivity index (χ4n) is 3.02. The molecule has 0 atom stereocenters. The van der Waals surface area contributed by atoms with E-state index in [9.17, 15) is 14.7 Å². The molecule has 1 rings (SSSR count). The zero-order valence-corrected chi connectivity index (χ0v) is 13.4. The summed E-state index contributed by atoms with van der Waals surface area (Å²) in [7, 11) is 0. The van der Waals surface area contributed by atoms with E-state index in [0.717, 1.165) is 12.8 Å². The zero-order chi connectivity index (χ0) is 12.6. The molecule has 1 N–H and O–H groups in total.